The van der Waals surface area contributed by atoms with Crippen molar-refractivity contribution in [1.29, 1.82) is 0 Å². The van der Waals surface area contributed by atoms with Crippen molar-refractivity contribution in [2.24, 2.45) is 0 Å². The van der Waals surface area contributed by atoms with Crippen molar-refractivity contribution in [3.8, 4) is 17.2 Å². The maximum atomic E-state index is 13.1. The van der Waals surface area contributed by atoms with E-state index in [1.165, 1.54) is 25.3 Å². The molecule has 1 aliphatic heterocycles. The van der Waals surface area contributed by atoms with E-state index in [1.807, 2.05) is 0 Å². The minimum atomic E-state index is -0.551. The Balaban J connectivity index is 1.77. The maximum Gasteiger partial charge on any atom is 0.338 e. The molecule has 0 saturated carbocycles. The summed E-state index contributed by atoms with van der Waals surface area (Å²) in [7, 11) is 1.48. The fourth-order valence-corrected chi connectivity index (χ4v) is 2.25. The van der Waals surface area contributed by atoms with Crippen LogP contribution in [0.5, 0.6) is 17.2 Å². The zero-order chi connectivity index (χ0) is 16.2. The van der Waals surface area contributed by atoms with E-state index in [1.54, 1.807) is 18.2 Å². The first-order valence-electron chi connectivity index (χ1n) is 7.06. The van der Waals surface area contributed by atoms with Gasteiger partial charge in [0, 0.05) is 0 Å². The largest absolute Gasteiger partial charge is 0.493 e. The predicted molar refractivity (Wildman–Crippen MR) is 79.5 cm³/mol. The van der Waals surface area contributed by atoms with Crippen molar-refractivity contribution in [2.75, 3.05) is 20.3 Å². The Kier molecular flexibility index (Phi) is 4.32. The van der Waals surface area contributed by atoms with Gasteiger partial charge in [0.2, 0.25) is 5.75 Å². The predicted octanol–water partition coefficient (Wildman–Crippen LogP) is 2.96. The summed E-state index contributed by atoms with van der Waals surface area (Å²) >= 11 is 0. The van der Waals surface area contributed by atoms with Gasteiger partial charge in [0.15, 0.2) is 11.5 Å². The summed E-state index contributed by atoms with van der Waals surface area (Å²) < 4.78 is 34.5. The van der Waals surface area contributed by atoms with Gasteiger partial charge < -0.3 is 18.9 Å². The third-order valence-electron chi connectivity index (χ3n) is 3.32. The summed E-state index contributed by atoms with van der Waals surface area (Å²) in [5.74, 6) is 0.387. The second kappa shape index (κ2) is 6.56. The molecule has 2 aromatic carbocycles. The van der Waals surface area contributed by atoms with Crippen LogP contribution < -0.4 is 14.2 Å². The molecule has 5 nitrogen and oxygen atoms in total. The van der Waals surface area contributed by atoms with Gasteiger partial charge in [-0.25, -0.2) is 9.18 Å². The molecule has 23 heavy (non-hydrogen) atoms. The van der Waals surface area contributed by atoms with Gasteiger partial charge in [-0.3, -0.25) is 0 Å². The summed E-state index contributed by atoms with van der Waals surface area (Å²) in [5, 5.41) is 0. The van der Waals surface area contributed by atoms with E-state index < -0.39 is 5.97 Å². The molecule has 0 N–H and O–H groups in total. The third kappa shape index (κ3) is 3.36. The first kappa shape index (κ1) is 15.1. The molecule has 6 heteroatoms. The normalized spacial score (nSPS) is 12.6. The highest BCUT2D eigenvalue weighted by Gasteiger charge is 2.21. The topological polar surface area (TPSA) is 54.0 Å². The molecule has 120 valence electrons. The number of carbonyl (C=O) groups is 1. The lowest BCUT2D eigenvalue weighted by atomic mass is 10.1. The SMILES string of the molecule is COc1cc(C(=O)OCc2cccc(F)c2)cc2c1OCCO2. The molecule has 1 heterocycles. The number of rotatable bonds is 4. The van der Waals surface area contributed by atoms with Gasteiger partial charge in [-0.2, -0.15) is 0 Å². The maximum absolute atomic E-state index is 13.1. The van der Waals surface area contributed by atoms with Crippen molar-refractivity contribution in [2.45, 2.75) is 6.61 Å². The van der Waals surface area contributed by atoms with Gasteiger partial charge in [-0.05, 0) is 29.8 Å². The molecule has 2 aromatic rings. The molecule has 0 unspecified atom stereocenters. The van der Waals surface area contributed by atoms with Crippen LogP contribution in [0.3, 0.4) is 0 Å². The molecular weight excluding hydrogens is 303 g/mol. The highest BCUT2D eigenvalue weighted by Crippen LogP contribution is 2.40. The van der Waals surface area contributed by atoms with Crippen LogP contribution in [0.25, 0.3) is 0 Å². The number of ether oxygens (including phenoxy) is 4. The van der Waals surface area contributed by atoms with Crippen LogP contribution in [-0.4, -0.2) is 26.3 Å². The Bertz CT molecular complexity index is 712. The molecule has 0 aromatic heterocycles. The lowest BCUT2D eigenvalue weighted by molar-refractivity contribution is 0.0470. The highest BCUT2D eigenvalue weighted by atomic mass is 19.1. The summed E-state index contributed by atoms with van der Waals surface area (Å²) in [5.41, 5.74) is 0.852. The van der Waals surface area contributed by atoms with Crippen molar-refractivity contribution >= 4 is 5.97 Å². The van der Waals surface area contributed by atoms with Crippen molar-refractivity contribution in [1.82, 2.24) is 0 Å². The van der Waals surface area contributed by atoms with Gasteiger partial charge in [-0.1, -0.05) is 12.1 Å². The lowest BCUT2D eigenvalue weighted by Gasteiger charge is -2.21. The van der Waals surface area contributed by atoms with Crippen molar-refractivity contribution in [3.63, 3.8) is 0 Å². The second-order valence-corrected chi connectivity index (χ2v) is 4.91. The molecule has 0 atom stereocenters. The van der Waals surface area contributed by atoms with Crippen molar-refractivity contribution in [3.05, 3.63) is 53.3 Å². The quantitative estimate of drug-likeness (QED) is 0.811. The summed E-state index contributed by atoms with van der Waals surface area (Å²) in [6.07, 6.45) is 0. The number of halogens is 1. The molecule has 0 aliphatic carbocycles. The van der Waals surface area contributed by atoms with Gasteiger partial charge in [0.05, 0.1) is 12.7 Å². The second-order valence-electron chi connectivity index (χ2n) is 4.91. The van der Waals surface area contributed by atoms with E-state index in [0.29, 0.717) is 36.0 Å². The Hall–Kier alpha value is -2.76. The number of esters is 1. The van der Waals surface area contributed by atoms with Crippen LogP contribution in [0, 0.1) is 5.82 Å². The number of carbonyl (C=O) groups excluding carboxylic acids is 1. The zero-order valence-corrected chi connectivity index (χ0v) is 12.5. The molecule has 3 rings (SSSR count). The summed E-state index contributed by atoms with van der Waals surface area (Å²) in [4.78, 5) is 12.2. The molecule has 0 radical (unpaired) electrons. The minimum absolute atomic E-state index is 0.0205. The number of benzene rings is 2. The zero-order valence-electron chi connectivity index (χ0n) is 12.5. The molecule has 1 aliphatic rings. The van der Waals surface area contributed by atoms with Gasteiger partial charge in [-0.15, -0.1) is 0 Å². The fourth-order valence-electron chi connectivity index (χ4n) is 2.25. The monoisotopic (exact) mass is 318 g/mol. The van der Waals surface area contributed by atoms with E-state index in [4.69, 9.17) is 18.9 Å². The third-order valence-corrected chi connectivity index (χ3v) is 3.32. The smallest absolute Gasteiger partial charge is 0.338 e. The number of hydrogen-bond acceptors (Lipinski definition) is 5. The summed E-state index contributed by atoms with van der Waals surface area (Å²) in [6.45, 7) is 0.804. The Labute approximate surface area is 132 Å². The first-order valence-corrected chi connectivity index (χ1v) is 7.06. The van der Waals surface area contributed by atoms with E-state index in [-0.39, 0.29) is 18.0 Å². The molecule has 0 fully saturated rings. The van der Waals surface area contributed by atoms with Crippen LogP contribution in [0.2, 0.25) is 0 Å². The Morgan fingerprint density at radius 2 is 2.04 bits per heavy atom. The summed E-state index contributed by atoms with van der Waals surface area (Å²) in [6, 6.07) is 8.97. The molecule has 0 spiro atoms. The minimum Gasteiger partial charge on any atom is -0.493 e. The van der Waals surface area contributed by atoms with Crippen LogP contribution in [0.4, 0.5) is 4.39 Å². The van der Waals surface area contributed by atoms with E-state index >= 15 is 0 Å². The van der Waals surface area contributed by atoms with E-state index in [0.717, 1.165) is 0 Å². The van der Waals surface area contributed by atoms with Gasteiger partial charge in [0.25, 0.3) is 0 Å². The van der Waals surface area contributed by atoms with Crippen LogP contribution >= 0.6 is 0 Å². The van der Waals surface area contributed by atoms with E-state index in [9.17, 15) is 9.18 Å². The molecule has 0 saturated heterocycles. The number of hydrogen-bond donors (Lipinski definition) is 0. The molecular formula is C17H15FO5. The number of fused-ring (bicyclic) bond motifs is 1. The van der Waals surface area contributed by atoms with Crippen LogP contribution in [0.15, 0.2) is 36.4 Å². The van der Waals surface area contributed by atoms with Crippen molar-refractivity contribution < 1.29 is 28.1 Å². The Morgan fingerprint density at radius 3 is 2.83 bits per heavy atom. The average molecular weight is 318 g/mol. The first-order chi connectivity index (χ1) is 11.2. The Morgan fingerprint density at radius 1 is 1.22 bits per heavy atom. The van der Waals surface area contributed by atoms with Crippen LogP contribution in [-0.2, 0) is 11.3 Å². The molecule has 0 amide bonds. The highest BCUT2D eigenvalue weighted by molar-refractivity contribution is 5.91. The standard InChI is InChI=1S/C17H15FO5/c1-20-14-8-12(9-15-16(14)22-6-5-21-15)17(19)23-10-11-3-2-4-13(18)7-11/h2-4,7-9H,5-6,10H2,1H3. The van der Waals surface area contributed by atoms with Crippen LogP contribution in [0.1, 0.15) is 15.9 Å². The average Bonchev–Trinajstić information content (AvgIpc) is 2.58. The van der Waals surface area contributed by atoms with E-state index in [2.05, 4.69) is 0 Å². The van der Waals surface area contributed by atoms with Gasteiger partial charge >= 0.3 is 5.97 Å². The van der Waals surface area contributed by atoms with Gasteiger partial charge in [0.1, 0.15) is 25.6 Å². The lowest BCUT2D eigenvalue weighted by Crippen LogP contribution is -2.17. The molecule has 0 bridgehead atoms. The fraction of sp³-hybridized carbons (Fsp3) is 0.235. The number of methoxy groups -OCH3 is 1.